The largest absolute Gasteiger partial charge is 0.496 e. The molecule has 0 unspecified atom stereocenters. The van der Waals surface area contributed by atoms with Gasteiger partial charge in [-0.05, 0) is 44.0 Å². The summed E-state index contributed by atoms with van der Waals surface area (Å²) in [6.07, 6.45) is -1.22. The van der Waals surface area contributed by atoms with Crippen molar-refractivity contribution in [3.63, 3.8) is 0 Å². The SMILES string of the molecule is COc1cc(NCCNCCCF)ccc1[C@@H]1c2[nH]c3ccccc3c2C[C@@H](C)N1CC(F)F. The number of para-hydroxylation sites is 1. The second-order valence-electron chi connectivity index (χ2n) is 8.78. The zero-order valence-corrected chi connectivity index (χ0v) is 19.7. The number of nitrogens with one attached hydrogen (secondary N) is 3. The van der Waals surface area contributed by atoms with Crippen LogP contribution in [0.4, 0.5) is 18.9 Å². The average molecular weight is 475 g/mol. The van der Waals surface area contributed by atoms with Gasteiger partial charge in [0, 0.05) is 53.0 Å². The summed E-state index contributed by atoms with van der Waals surface area (Å²) in [6, 6.07) is 13.5. The number of halogens is 3. The first-order valence-electron chi connectivity index (χ1n) is 11.8. The van der Waals surface area contributed by atoms with Crippen LogP contribution in [0.3, 0.4) is 0 Å². The lowest BCUT2D eigenvalue weighted by Gasteiger charge is -2.41. The first-order valence-corrected chi connectivity index (χ1v) is 11.8. The third-order valence-electron chi connectivity index (χ3n) is 6.51. The number of rotatable bonds is 11. The van der Waals surface area contributed by atoms with Gasteiger partial charge in [0.2, 0.25) is 0 Å². The zero-order chi connectivity index (χ0) is 24.1. The Labute approximate surface area is 198 Å². The molecule has 1 aliphatic rings. The number of hydrogen-bond acceptors (Lipinski definition) is 4. The van der Waals surface area contributed by atoms with E-state index in [-0.39, 0.29) is 25.3 Å². The molecule has 0 fully saturated rings. The maximum absolute atomic E-state index is 13.6. The third kappa shape index (κ3) is 5.18. The van der Waals surface area contributed by atoms with Gasteiger partial charge in [-0.1, -0.05) is 24.3 Å². The van der Waals surface area contributed by atoms with E-state index in [0.29, 0.717) is 38.2 Å². The molecule has 0 saturated heterocycles. The van der Waals surface area contributed by atoms with Crippen molar-refractivity contribution in [2.45, 2.75) is 38.3 Å². The van der Waals surface area contributed by atoms with Crippen LogP contribution in [0.5, 0.6) is 5.75 Å². The summed E-state index contributed by atoms with van der Waals surface area (Å²) >= 11 is 0. The summed E-state index contributed by atoms with van der Waals surface area (Å²) in [4.78, 5) is 5.40. The Balaban J connectivity index is 1.66. The minimum Gasteiger partial charge on any atom is -0.496 e. The fourth-order valence-corrected chi connectivity index (χ4v) is 4.95. The van der Waals surface area contributed by atoms with Crippen LogP contribution in [0.1, 0.15) is 36.2 Å². The molecule has 5 nitrogen and oxygen atoms in total. The second kappa shape index (κ2) is 11.1. The van der Waals surface area contributed by atoms with Crippen LogP contribution >= 0.6 is 0 Å². The number of ether oxygens (including phenoxy) is 1. The molecule has 34 heavy (non-hydrogen) atoms. The zero-order valence-electron chi connectivity index (χ0n) is 19.7. The molecule has 1 aliphatic heterocycles. The molecule has 2 aromatic carbocycles. The Bertz CT molecular complexity index is 1090. The van der Waals surface area contributed by atoms with Crippen molar-refractivity contribution in [2.75, 3.05) is 45.3 Å². The minimum absolute atomic E-state index is 0.0522. The number of methoxy groups -OCH3 is 1. The van der Waals surface area contributed by atoms with Crippen LogP contribution in [0, 0.1) is 0 Å². The van der Waals surface area contributed by atoms with E-state index in [9.17, 15) is 13.2 Å². The van der Waals surface area contributed by atoms with Gasteiger partial charge in [-0.2, -0.15) is 0 Å². The van der Waals surface area contributed by atoms with E-state index in [1.165, 1.54) is 5.56 Å². The lowest BCUT2D eigenvalue weighted by molar-refractivity contribution is 0.0450. The summed E-state index contributed by atoms with van der Waals surface area (Å²) in [5, 5.41) is 7.67. The Hall–Kier alpha value is -2.71. The number of hydrogen-bond donors (Lipinski definition) is 3. The normalized spacial score (nSPS) is 18.4. The van der Waals surface area contributed by atoms with Crippen molar-refractivity contribution < 1.29 is 17.9 Å². The first kappa shape index (κ1) is 24.4. The van der Waals surface area contributed by atoms with E-state index in [2.05, 4.69) is 21.7 Å². The fourth-order valence-electron chi connectivity index (χ4n) is 4.95. The molecular weight excluding hydrogens is 441 g/mol. The maximum Gasteiger partial charge on any atom is 0.251 e. The van der Waals surface area contributed by atoms with Crippen molar-refractivity contribution in [2.24, 2.45) is 0 Å². The number of alkyl halides is 3. The Morgan fingerprint density at radius 1 is 1.15 bits per heavy atom. The van der Waals surface area contributed by atoms with E-state index in [0.717, 1.165) is 27.8 Å². The van der Waals surface area contributed by atoms with Gasteiger partial charge in [0.05, 0.1) is 26.4 Å². The number of aromatic nitrogens is 1. The van der Waals surface area contributed by atoms with Crippen molar-refractivity contribution >= 4 is 16.6 Å². The van der Waals surface area contributed by atoms with Crippen LogP contribution in [-0.4, -0.2) is 62.3 Å². The Kier molecular flexibility index (Phi) is 8.00. The lowest BCUT2D eigenvalue weighted by Crippen LogP contribution is -2.45. The highest BCUT2D eigenvalue weighted by Gasteiger charge is 2.38. The molecule has 8 heteroatoms. The number of nitrogens with zero attached hydrogens (tertiary/aromatic N) is 1. The van der Waals surface area contributed by atoms with Crippen LogP contribution in [0.15, 0.2) is 42.5 Å². The molecule has 3 aromatic rings. The molecule has 0 amide bonds. The van der Waals surface area contributed by atoms with E-state index in [1.54, 1.807) is 7.11 Å². The molecule has 0 radical (unpaired) electrons. The standard InChI is InChI=1S/C26H33F3N4O/c1-17-14-21-19-6-3-4-7-22(19)32-25(21)26(33(17)16-24(28)29)20-9-8-18(15-23(20)34-2)31-13-12-30-11-5-10-27/h3-4,6-9,15,17,24,26,30-32H,5,10-14,16H2,1-2H3/t17-,26-/m1/s1. The molecule has 0 bridgehead atoms. The van der Waals surface area contributed by atoms with Crippen LogP contribution in [0.25, 0.3) is 10.9 Å². The Morgan fingerprint density at radius 3 is 2.74 bits per heavy atom. The number of anilines is 1. The summed E-state index contributed by atoms with van der Waals surface area (Å²) in [5.74, 6) is 0.651. The van der Waals surface area contributed by atoms with Crippen molar-refractivity contribution in [3.05, 3.63) is 59.3 Å². The molecule has 1 aromatic heterocycles. The topological polar surface area (TPSA) is 52.3 Å². The van der Waals surface area contributed by atoms with E-state index in [1.807, 2.05) is 48.2 Å². The number of benzene rings is 2. The summed E-state index contributed by atoms with van der Waals surface area (Å²) in [6.45, 7) is 3.42. The van der Waals surface area contributed by atoms with Gasteiger partial charge in [-0.25, -0.2) is 8.78 Å². The molecule has 0 saturated carbocycles. The van der Waals surface area contributed by atoms with Gasteiger partial charge in [0.25, 0.3) is 6.43 Å². The van der Waals surface area contributed by atoms with Gasteiger partial charge in [-0.3, -0.25) is 9.29 Å². The van der Waals surface area contributed by atoms with Crippen molar-refractivity contribution in [3.8, 4) is 5.75 Å². The second-order valence-corrected chi connectivity index (χ2v) is 8.78. The molecule has 184 valence electrons. The highest BCUT2D eigenvalue weighted by Crippen LogP contribution is 2.44. The molecule has 3 N–H and O–H groups in total. The van der Waals surface area contributed by atoms with Gasteiger partial charge < -0.3 is 20.4 Å². The molecular formula is C26H33F3N4O. The number of fused-ring (bicyclic) bond motifs is 3. The lowest BCUT2D eigenvalue weighted by atomic mass is 9.88. The molecule has 0 spiro atoms. The van der Waals surface area contributed by atoms with Crippen molar-refractivity contribution in [1.29, 1.82) is 0 Å². The molecule has 4 rings (SSSR count). The monoisotopic (exact) mass is 474 g/mol. The predicted molar refractivity (Wildman–Crippen MR) is 131 cm³/mol. The quantitative estimate of drug-likeness (QED) is 0.337. The highest BCUT2D eigenvalue weighted by molar-refractivity contribution is 5.85. The number of aromatic amines is 1. The van der Waals surface area contributed by atoms with E-state index in [4.69, 9.17) is 4.74 Å². The van der Waals surface area contributed by atoms with Gasteiger partial charge in [-0.15, -0.1) is 0 Å². The maximum atomic E-state index is 13.6. The summed E-state index contributed by atoms with van der Waals surface area (Å²) < 4.78 is 45.2. The summed E-state index contributed by atoms with van der Waals surface area (Å²) in [5.41, 5.74) is 4.89. The molecule has 0 aliphatic carbocycles. The average Bonchev–Trinajstić information content (AvgIpc) is 3.19. The summed E-state index contributed by atoms with van der Waals surface area (Å²) in [7, 11) is 1.61. The first-order chi connectivity index (χ1) is 16.5. The van der Waals surface area contributed by atoms with E-state index >= 15 is 0 Å². The molecule has 2 atom stereocenters. The Morgan fingerprint density at radius 2 is 1.97 bits per heavy atom. The van der Waals surface area contributed by atoms with E-state index < -0.39 is 6.43 Å². The highest BCUT2D eigenvalue weighted by atomic mass is 19.3. The van der Waals surface area contributed by atoms with Crippen LogP contribution < -0.4 is 15.4 Å². The third-order valence-corrected chi connectivity index (χ3v) is 6.51. The van der Waals surface area contributed by atoms with Gasteiger partial charge in [0.1, 0.15) is 5.75 Å². The number of H-pyrrole nitrogens is 1. The van der Waals surface area contributed by atoms with Crippen LogP contribution in [-0.2, 0) is 6.42 Å². The smallest absolute Gasteiger partial charge is 0.251 e. The minimum atomic E-state index is -2.44. The fraction of sp³-hybridized carbons (Fsp3) is 0.462. The van der Waals surface area contributed by atoms with Crippen molar-refractivity contribution in [1.82, 2.24) is 15.2 Å². The van der Waals surface area contributed by atoms with Gasteiger partial charge >= 0.3 is 0 Å². The predicted octanol–water partition coefficient (Wildman–Crippen LogP) is 5.14. The van der Waals surface area contributed by atoms with Crippen LogP contribution in [0.2, 0.25) is 0 Å². The van der Waals surface area contributed by atoms with Gasteiger partial charge in [0.15, 0.2) is 0 Å². The molecule has 2 heterocycles.